The fraction of sp³-hybridized carbons (Fsp3) is 0.536. The standard InChI is InChI=1S/C28H33F3N4O3/c29-28(30,31)27(12-13-27)19-8-10-21(11-9-19)35(26(38)23-15-22(36)17-33-23)24(18-5-4-14-32-16-18)25(37)34-20-6-2-1-3-7-20/h4-5,8-11,14,16,20,22-24,33,36H,1-3,6-7,12-13,15,17H2,(H,34,37)/t22-,23-,24?/m1/s1. The average molecular weight is 531 g/mol. The van der Waals surface area contributed by atoms with E-state index in [4.69, 9.17) is 0 Å². The van der Waals surface area contributed by atoms with E-state index in [0.29, 0.717) is 11.3 Å². The van der Waals surface area contributed by atoms with E-state index in [1.54, 1.807) is 18.3 Å². The molecule has 2 aromatic rings. The SMILES string of the molecule is O=C(NC1CCCCC1)C(c1cccnc1)N(C(=O)[C@H]1C[C@@H](O)CN1)c1ccc(C2(C(F)(F)F)CC2)cc1. The second-order valence-corrected chi connectivity index (χ2v) is 10.7. The third-order valence-electron chi connectivity index (χ3n) is 8.09. The Hall–Kier alpha value is -2.98. The first-order valence-corrected chi connectivity index (χ1v) is 13.3. The van der Waals surface area contributed by atoms with Crippen molar-refractivity contribution < 1.29 is 27.9 Å². The molecule has 7 nitrogen and oxygen atoms in total. The first-order valence-electron chi connectivity index (χ1n) is 13.3. The van der Waals surface area contributed by atoms with Crippen LogP contribution in [0.25, 0.3) is 0 Å². The Morgan fingerprint density at radius 2 is 1.82 bits per heavy atom. The molecule has 3 aliphatic rings. The average Bonchev–Trinajstić information content (AvgIpc) is 3.63. The number of amides is 2. The number of carbonyl (C=O) groups is 2. The Labute approximate surface area is 219 Å². The van der Waals surface area contributed by atoms with Crippen molar-refractivity contribution in [2.75, 3.05) is 11.4 Å². The van der Waals surface area contributed by atoms with Gasteiger partial charge in [0.05, 0.1) is 17.6 Å². The second-order valence-electron chi connectivity index (χ2n) is 10.7. The topological polar surface area (TPSA) is 94.6 Å². The van der Waals surface area contributed by atoms with E-state index in [9.17, 15) is 27.9 Å². The molecule has 3 N–H and O–H groups in total. The van der Waals surface area contributed by atoms with E-state index in [1.807, 2.05) is 0 Å². The zero-order chi connectivity index (χ0) is 26.9. The molecule has 3 fully saturated rings. The van der Waals surface area contributed by atoms with Gasteiger partial charge >= 0.3 is 6.18 Å². The van der Waals surface area contributed by atoms with Gasteiger partial charge < -0.3 is 15.7 Å². The number of aromatic nitrogens is 1. The van der Waals surface area contributed by atoms with Crippen molar-refractivity contribution in [2.24, 2.45) is 0 Å². The number of alkyl halides is 3. The highest BCUT2D eigenvalue weighted by atomic mass is 19.4. The summed E-state index contributed by atoms with van der Waals surface area (Å²) in [6, 6.07) is 7.36. The third kappa shape index (κ3) is 5.29. The number of aliphatic hydroxyl groups excluding tert-OH is 1. The third-order valence-corrected chi connectivity index (χ3v) is 8.09. The number of nitrogens with zero attached hydrogens (tertiary/aromatic N) is 2. The molecule has 5 rings (SSSR count). The zero-order valence-corrected chi connectivity index (χ0v) is 21.1. The number of halogens is 3. The molecule has 0 radical (unpaired) electrons. The lowest BCUT2D eigenvalue weighted by atomic mass is 9.94. The van der Waals surface area contributed by atoms with Gasteiger partial charge in [-0.25, -0.2) is 0 Å². The summed E-state index contributed by atoms with van der Waals surface area (Å²) in [5.41, 5.74) is -0.892. The fourth-order valence-corrected chi connectivity index (χ4v) is 5.76. The Bertz CT molecular complexity index is 1130. The van der Waals surface area contributed by atoms with Crippen molar-refractivity contribution >= 4 is 17.5 Å². The molecule has 10 heteroatoms. The predicted octanol–water partition coefficient (Wildman–Crippen LogP) is 3.92. The zero-order valence-electron chi connectivity index (χ0n) is 21.1. The lowest BCUT2D eigenvalue weighted by Gasteiger charge is -2.35. The van der Waals surface area contributed by atoms with Crippen LogP contribution in [0, 0.1) is 0 Å². The summed E-state index contributed by atoms with van der Waals surface area (Å²) in [5, 5.41) is 16.2. The van der Waals surface area contributed by atoms with Crippen molar-refractivity contribution in [3.05, 3.63) is 59.9 Å². The van der Waals surface area contributed by atoms with Gasteiger partial charge in [0.15, 0.2) is 0 Å². The maximum Gasteiger partial charge on any atom is 0.398 e. The van der Waals surface area contributed by atoms with Crippen LogP contribution in [-0.4, -0.2) is 52.8 Å². The smallest absolute Gasteiger partial charge is 0.392 e. The maximum atomic E-state index is 13.9. The van der Waals surface area contributed by atoms with Gasteiger partial charge in [0.2, 0.25) is 11.8 Å². The molecule has 2 saturated carbocycles. The largest absolute Gasteiger partial charge is 0.398 e. The normalized spacial score (nSPS) is 24.0. The van der Waals surface area contributed by atoms with Crippen molar-refractivity contribution in [2.45, 2.75) is 87.2 Å². The number of nitrogens with one attached hydrogen (secondary N) is 2. The van der Waals surface area contributed by atoms with E-state index >= 15 is 0 Å². The number of pyridine rings is 1. The summed E-state index contributed by atoms with van der Waals surface area (Å²) >= 11 is 0. The highest BCUT2D eigenvalue weighted by molar-refractivity contribution is 6.04. The molecule has 1 aliphatic heterocycles. The molecule has 2 amide bonds. The fourth-order valence-electron chi connectivity index (χ4n) is 5.76. The number of aliphatic hydroxyl groups is 1. The molecule has 0 bridgehead atoms. The van der Waals surface area contributed by atoms with Gasteiger partial charge in [-0.3, -0.25) is 19.5 Å². The monoisotopic (exact) mass is 530 g/mol. The molecule has 1 aromatic heterocycles. The number of benzene rings is 1. The number of anilines is 1. The van der Waals surface area contributed by atoms with Crippen LogP contribution < -0.4 is 15.5 Å². The highest BCUT2D eigenvalue weighted by Gasteiger charge is 2.64. The molecular formula is C28H33F3N4O3. The quantitative estimate of drug-likeness (QED) is 0.505. The van der Waals surface area contributed by atoms with Crippen molar-refractivity contribution in [1.82, 2.24) is 15.6 Å². The molecule has 2 heterocycles. The minimum absolute atomic E-state index is 0.0114. The van der Waals surface area contributed by atoms with E-state index in [0.717, 1.165) is 32.1 Å². The van der Waals surface area contributed by atoms with E-state index in [-0.39, 0.29) is 43.3 Å². The Kier molecular flexibility index (Phi) is 7.46. The summed E-state index contributed by atoms with van der Waals surface area (Å²) < 4.78 is 41.2. The number of hydrogen-bond acceptors (Lipinski definition) is 5. The molecule has 3 atom stereocenters. The Morgan fingerprint density at radius 3 is 2.37 bits per heavy atom. The van der Waals surface area contributed by atoms with Crippen LogP contribution >= 0.6 is 0 Å². The van der Waals surface area contributed by atoms with Gasteiger partial charge in [-0.15, -0.1) is 0 Å². The maximum absolute atomic E-state index is 13.9. The Morgan fingerprint density at radius 1 is 1.11 bits per heavy atom. The molecule has 1 saturated heterocycles. The summed E-state index contributed by atoms with van der Waals surface area (Å²) in [5.74, 6) is -0.797. The van der Waals surface area contributed by atoms with Crippen LogP contribution in [0.5, 0.6) is 0 Å². The van der Waals surface area contributed by atoms with E-state index < -0.39 is 35.7 Å². The molecule has 204 valence electrons. The van der Waals surface area contributed by atoms with Gasteiger partial charge in [-0.1, -0.05) is 37.5 Å². The summed E-state index contributed by atoms with van der Waals surface area (Å²) in [4.78, 5) is 33.3. The van der Waals surface area contributed by atoms with Crippen LogP contribution in [0.4, 0.5) is 18.9 Å². The number of carbonyl (C=O) groups excluding carboxylic acids is 2. The number of hydrogen-bond donors (Lipinski definition) is 3. The number of rotatable bonds is 7. The molecule has 2 aliphatic carbocycles. The highest BCUT2D eigenvalue weighted by Crippen LogP contribution is 2.59. The van der Waals surface area contributed by atoms with Crippen molar-refractivity contribution in [3.63, 3.8) is 0 Å². The van der Waals surface area contributed by atoms with Gasteiger partial charge in [0.25, 0.3) is 0 Å². The summed E-state index contributed by atoms with van der Waals surface area (Å²) in [6.45, 7) is 0.239. The molecule has 0 spiro atoms. The Balaban J connectivity index is 1.53. The molecule has 1 aromatic carbocycles. The summed E-state index contributed by atoms with van der Waals surface area (Å²) in [7, 11) is 0. The van der Waals surface area contributed by atoms with Gasteiger partial charge in [-0.2, -0.15) is 13.2 Å². The lowest BCUT2D eigenvalue weighted by molar-refractivity contribution is -0.160. The second kappa shape index (κ2) is 10.6. The minimum Gasteiger partial charge on any atom is -0.392 e. The van der Waals surface area contributed by atoms with E-state index in [1.165, 1.54) is 35.4 Å². The first-order chi connectivity index (χ1) is 18.2. The van der Waals surface area contributed by atoms with E-state index in [2.05, 4.69) is 15.6 Å². The number of β-amino-alcohol motifs (C(OH)–C–C–N with tert-alkyl or cyclic N) is 1. The van der Waals surface area contributed by atoms with Crippen LogP contribution in [-0.2, 0) is 15.0 Å². The van der Waals surface area contributed by atoms with Gasteiger partial charge in [-0.05, 0) is 55.9 Å². The van der Waals surface area contributed by atoms with Crippen LogP contribution in [0.3, 0.4) is 0 Å². The summed E-state index contributed by atoms with van der Waals surface area (Å²) in [6.07, 6.45) is 3.12. The first kappa shape index (κ1) is 26.6. The van der Waals surface area contributed by atoms with Crippen LogP contribution in [0.2, 0.25) is 0 Å². The molecule has 1 unspecified atom stereocenters. The van der Waals surface area contributed by atoms with Crippen molar-refractivity contribution in [3.8, 4) is 0 Å². The predicted molar refractivity (Wildman–Crippen MR) is 135 cm³/mol. The van der Waals surface area contributed by atoms with Gasteiger partial charge in [0.1, 0.15) is 6.04 Å². The van der Waals surface area contributed by atoms with Gasteiger partial charge in [0, 0.05) is 36.2 Å². The molecular weight excluding hydrogens is 497 g/mol. The van der Waals surface area contributed by atoms with Crippen LogP contribution in [0.15, 0.2) is 48.8 Å². The van der Waals surface area contributed by atoms with Crippen LogP contribution in [0.1, 0.15) is 68.5 Å². The minimum atomic E-state index is -4.36. The van der Waals surface area contributed by atoms with Crippen molar-refractivity contribution in [1.29, 1.82) is 0 Å². The lowest BCUT2D eigenvalue weighted by Crippen LogP contribution is -2.51. The molecule has 38 heavy (non-hydrogen) atoms.